The van der Waals surface area contributed by atoms with Crippen molar-refractivity contribution in [3.8, 4) is 0 Å². The van der Waals surface area contributed by atoms with Gasteiger partial charge in [0.2, 0.25) is 5.91 Å². The molecule has 0 spiro atoms. The predicted octanol–water partition coefficient (Wildman–Crippen LogP) is -0.0488. The lowest BCUT2D eigenvalue weighted by atomic mass is 10.1. The number of thioether (sulfide) groups is 1. The van der Waals surface area contributed by atoms with E-state index in [0.29, 0.717) is 13.1 Å². The highest BCUT2D eigenvalue weighted by atomic mass is 32.2. The maximum atomic E-state index is 11.9. The van der Waals surface area contributed by atoms with Crippen molar-refractivity contribution in [2.45, 2.75) is 18.6 Å². The van der Waals surface area contributed by atoms with Crippen LogP contribution in [0.5, 0.6) is 0 Å². The average Bonchev–Trinajstić information content (AvgIpc) is 3.06. The Labute approximate surface area is 121 Å². The van der Waals surface area contributed by atoms with E-state index in [4.69, 9.17) is 0 Å². The molecule has 2 heterocycles. The standard InChI is InChI=1S/C11H17N7OS/c1-9(5-18-7-12-6-15-18)10(19)13-3-4-20-11-16-14-8-17(11)2/h6-9H,3-5H2,1-2H3,(H,13,19)/t9-/m0/s1. The SMILES string of the molecule is C[C@@H](Cn1cncn1)C(=O)NCCSc1nncn1C. The van der Waals surface area contributed by atoms with Crippen LogP contribution in [0.3, 0.4) is 0 Å². The molecule has 0 radical (unpaired) electrons. The topological polar surface area (TPSA) is 90.5 Å². The van der Waals surface area contributed by atoms with E-state index in [1.54, 1.807) is 29.1 Å². The molecule has 0 aromatic carbocycles. The van der Waals surface area contributed by atoms with Gasteiger partial charge in [-0.05, 0) is 0 Å². The molecule has 0 saturated heterocycles. The fourth-order valence-corrected chi connectivity index (χ4v) is 2.33. The summed E-state index contributed by atoms with van der Waals surface area (Å²) in [6.45, 7) is 2.99. The van der Waals surface area contributed by atoms with Crippen LogP contribution in [0.2, 0.25) is 0 Å². The van der Waals surface area contributed by atoms with Crippen LogP contribution in [0.1, 0.15) is 6.92 Å². The Kier molecular flexibility index (Phi) is 5.10. The highest BCUT2D eigenvalue weighted by Gasteiger charge is 2.13. The Morgan fingerprint density at radius 2 is 2.35 bits per heavy atom. The first-order valence-electron chi connectivity index (χ1n) is 6.23. The zero-order chi connectivity index (χ0) is 14.4. The molecule has 0 aliphatic rings. The molecule has 1 N–H and O–H groups in total. The second-order valence-electron chi connectivity index (χ2n) is 4.38. The van der Waals surface area contributed by atoms with Crippen LogP contribution in [0.15, 0.2) is 24.1 Å². The Balaban J connectivity index is 1.66. The smallest absolute Gasteiger partial charge is 0.224 e. The van der Waals surface area contributed by atoms with Gasteiger partial charge in [0.1, 0.15) is 19.0 Å². The summed E-state index contributed by atoms with van der Waals surface area (Å²) in [4.78, 5) is 15.7. The van der Waals surface area contributed by atoms with Gasteiger partial charge in [0.05, 0.1) is 12.5 Å². The highest BCUT2D eigenvalue weighted by Crippen LogP contribution is 2.11. The van der Waals surface area contributed by atoms with Crippen LogP contribution in [0.25, 0.3) is 0 Å². The van der Waals surface area contributed by atoms with E-state index in [2.05, 4.69) is 25.6 Å². The third-order valence-electron chi connectivity index (χ3n) is 2.68. The quantitative estimate of drug-likeness (QED) is 0.569. The number of hydrogen-bond donors (Lipinski definition) is 1. The van der Waals surface area contributed by atoms with Crippen LogP contribution < -0.4 is 5.32 Å². The molecule has 20 heavy (non-hydrogen) atoms. The number of hydrogen-bond acceptors (Lipinski definition) is 6. The number of aromatic nitrogens is 6. The van der Waals surface area contributed by atoms with E-state index in [1.165, 1.54) is 6.33 Å². The maximum absolute atomic E-state index is 11.9. The molecule has 1 amide bonds. The van der Waals surface area contributed by atoms with Crippen LogP contribution in [0.4, 0.5) is 0 Å². The summed E-state index contributed by atoms with van der Waals surface area (Å²) in [5.41, 5.74) is 0. The summed E-state index contributed by atoms with van der Waals surface area (Å²) >= 11 is 1.56. The summed E-state index contributed by atoms with van der Waals surface area (Å²) in [6.07, 6.45) is 4.72. The van der Waals surface area contributed by atoms with Gasteiger partial charge in [-0.25, -0.2) is 4.98 Å². The average molecular weight is 295 g/mol. The molecule has 2 rings (SSSR count). The van der Waals surface area contributed by atoms with Gasteiger partial charge in [-0.2, -0.15) is 5.10 Å². The third kappa shape index (κ3) is 4.05. The van der Waals surface area contributed by atoms with Crippen molar-refractivity contribution in [3.63, 3.8) is 0 Å². The first-order chi connectivity index (χ1) is 9.66. The minimum absolute atomic E-state index is 0.0130. The van der Waals surface area contributed by atoms with E-state index >= 15 is 0 Å². The Bertz CT molecular complexity index is 539. The molecule has 1 atom stereocenters. The number of nitrogens with one attached hydrogen (secondary N) is 1. The third-order valence-corrected chi connectivity index (χ3v) is 3.71. The largest absolute Gasteiger partial charge is 0.355 e. The van der Waals surface area contributed by atoms with Crippen molar-refractivity contribution in [1.82, 2.24) is 34.8 Å². The van der Waals surface area contributed by atoms with Crippen molar-refractivity contribution in [2.75, 3.05) is 12.3 Å². The number of carbonyl (C=O) groups is 1. The van der Waals surface area contributed by atoms with Gasteiger partial charge in [0.25, 0.3) is 0 Å². The van der Waals surface area contributed by atoms with E-state index in [9.17, 15) is 4.79 Å². The number of rotatable bonds is 7. The fourth-order valence-electron chi connectivity index (χ4n) is 1.58. The zero-order valence-electron chi connectivity index (χ0n) is 11.4. The second kappa shape index (κ2) is 7.04. The van der Waals surface area contributed by atoms with Gasteiger partial charge >= 0.3 is 0 Å². The minimum Gasteiger partial charge on any atom is -0.355 e. The molecule has 108 valence electrons. The van der Waals surface area contributed by atoms with Gasteiger partial charge in [-0.15, -0.1) is 10.2 Å². The van der Waals surface area contributed by atoms with E-state index in [1.807, 2.05) is 18.5 Å². The molecule has 8 nitrogen and oxygen atoms in total. The van der Waals surface area contributed by atoms with Crippen LogP contribution >= 0.6 is 11.8 Å². The number of aryl methyl sites for hydroxylation is 1. The van der Waals surface area contributed by atoms with Gasteiger partial charge < -0.3 is 9.88 Å². The molecule has 9 heteroatoms. The zero-order valence-corrected chi connectivity index (χ0v) is 12.2. The minimum atomic E-state index is -0.142. The lowest BCUT2D eigenvalue weighted by Crippen LogP contribution is -2.33. The summed E-state index contributed by atoms with van der Waals surface area (Å²) in [5, 5.41) is 15.5. The van der Waals surface area contributed by atoms with Crippen LogP contribution in [-0.4, -0.2) is 47.7 Å². The summed E-state index contributed by atoms with van der Waals surface area (Å²) in [6, 6.07) is 0. The molecule has 0 unspecified atom stereocenters. The van der Waals surface area contributed by atoms with E-state index in [-0.39, 0.29) is 11.8 Å². The molecule has 0 aliphatic carbocycles. The van der Waals surface area contributed by atoms with Crippen LogP contribution in [-0.2, 0) is 18.4 Å². The number of nitrogens with zero attached hydrogens (tertiary/aromatic N) is 6. The van der Waals surface area contributed by atoms with Gasteiger partial charge in [0.15, 0.2) is 5.16 Å². The van der Waals surface area contributed by atoms with Gasteiger partial charge in [0, 0.05) is 19.3 Å². The normalized spacial score (nSPS) is 12.3. The highest BCUT2D eigenvalue weighted by molar-refractivity contribution is 7.99. The first-order valence-corrected chi connectivity index (χ1v) is 7.22. The molecule has 0 bridgehead atoms. The predicted molar refractivity (Wildman–Crippen MR) is 73.9 cm³/mol. The summed E-state index contributed by atoms with van der Waals surface area (Å²) < 4.78 is 3.50. The second-order valence-corrected chi connectivity index (χ2v) is 5.44. The first kappa shape index (κ1) is 14.5. The number of carbonyl (C=O) groups excluding carboxylic acids is 1. The van der Waals surface area contributed by atoms with E-state index in [0.717, 1.165) is 10.9 Å². The Morgan fingerprint density at radius 1 is 1.50 bits per heavy atom. The monoisotopic (exact) mass is 295 g/mol. The fraction of sp³-hybridized carbons (Fsp3) is 0.545. The molecule has 2 aromatic heterocycles. The van der Waals surface area contributed by atoms with E-state index < -0.39 is 0 Å². The van der Waals surface area contributed by atoms with Crippen molar-refractivity contribution in [2.24, 2.45) is 13.0 Å². The summed E-state index contributed by atoms with van der Waals surface area (Å²) in [7, 11) is 1.89. The lowest BCUT2D eigenvalue weighted by Gasteiger charge is -2.11. The van der Waals surface area contributed by atoms with Crippen molar-refractivity contribution in [1.29, 1.82) is 0 Å². The summed E-state index contributed by atoms with van der Waals surface area (Å²) in [5.74, 6) is 0.629. The van der Waals surface area contributed by atoms with Crippen molar-refractivity contribution < 1.29 is 4.79 Å². The number of amides is 1. The molecular weight excluding hydrogens is 278 g/mol. The Hall–Kier alpha value is -1.90. The molecule has 0 aliphatic heterocycles. The molecular formula is C11H17N7OS. The lowest BCUT2D eigenvalue weighted by molar-refractivity contribution is -0.124. The molecule has 2 aromatic rings. The van der Waals surface area contributed by atoms with Gasteiger partial charge in [-0.3, -0.25) is 9.48 Å². The van der Waals surface area contributed by atoms with Crippen molar-refractivity contribution >= 4 is 17.7 Å². The van der Waals surface area contributed by atoms with Crippen LogP contribution in [0, 0.1) is 5.92 Å². The van der Waals surface area contributed by atoms with Crippen molar-refractivity contribution in [3.05, 3.63) is 19.0 Å². The van der Waals surface area contributed by atoms with Gasteiger partial charge in [-0.1, -0.05) is 18.7 Å². The maximum Gasteiger partial charge on any atom is 0.224 e. The molecule has 0 saturated carbocycles. The Morgan fingerprint density at radius 3 is 3.00 bits per heavy atom. The molecule has 0 fully saturated rings.